The van der Waals surface area contributed by atoms with Crippen molar-refractivity contribution in [3.8, 4) is 5.75 Å². The minimum Gasteiger partial charge on any atom is -0.435 e. The third-order valence-corrected chi connectivity index (χ3v) is 3.25. The molecule has 0 bridgehead atoms. The summed E-state index contributed by atoms with van der Waals surface area (Å²) < 4.78 is 30.3. The van der Waals surface area contributed by atoms with E-state index in [0.29, 0.717) is 12.1 Å². The van der Waals surface area contributed by atoms with Gasteiger partial charge >= 0.3 is 6.61 Å². The Morgan fingerprint density at radius 3 is 2.43 bits per heavy atom. The average molecular weight is 294 g/mol. The van der Waals surface area contributed by atoms with Gasteiger partial charge in [-0.2, -0.15) is 8.78 Å². The molecular weight excluding hydrogens is 278 g/mol. The minimum atomic E-state index is -2.87. The second kappa shape index (κ2) is 6.39. The first-order chi connectivity index (χ1) is 9.97. The van der Waals surface area contributed by atoms with E-state index in [4.69, 9.17) is 0 Å². The number of nitrogens with zero attached hydrogens (tertiary/aromatic N) is 1. The van der Waals surface area contributed by atoms with E-state index >= 15 is 0 Å². The monoisotopic (exact) mass is 294 g/mol. The molecule has 0 radical (unpaired) electrons. The van der Waals surface area contributed by atoms with Crippen LogP contribution >= 0.6 is 0 Å². The van der Waals surface area contributed by atoms with Gasteiger partial charge in [-0.15, -0.1) is 0 Å². The van der Waals surface area contributed by atoms with Crippen LogP contribution < -0.4 is 10.1 Å². The van der Waals surface area contributed by atoms with Crippen LogP contribution in [-0.4, -0.2) is 17.1 Å². The Hall–Kier alpha value is -2.37. The predicted molar refractivity (Wildman–Crippen MR) is 74.4 cm³/mol. The van der Waals surface area contributed by atoms with Crippen LogP contribution in [0.2, 0.25) is 0 Å². The second-order valence-corrected chi connectivity index (χ2v) is 4.61. The highest BCUT2D eigenvalue weighted by Gasteiger charge is 2.09. The summed E-state index contributed by atoms with van der Waals surface area (Å²) in [6, 6.07) is 9.49. The minimum absolute atomic E-state index is 0.0274. The van der Waals surface area contributed by atoms with Gasteiger partial charge in [-0.25, -0.2) is 0 Å². The first-order valence-electron chi connectivity index (χ1n) is 6.41. The SMILES string of the molecule is Cc1ccc(CNC(=O)c2ccc(OC(F)F)cc2)n1C. The number of benzene rings is 1. The molecule has 0 saturated heterocycles. The lowest BCUT2D eigenvalue weighted by Gasteiger charge is -2.08. The number of rotatable bonds is 5. The number of aryl methyl sites for hydroxylation is 1. The summed E-state index contributed by atoms with van der Waals surface area (Å²) in [6.45, 7) is -0.490. The number of aromatic nitrogens is 1. The van der Waals surface area contributed by atoms with Crippen LogP contribution in [0.25, 0.3) is 0 Å². The number of carbonyl (C=O) groups is 1. The molecule has 1 aromatic heterocycles. The number of nitrogens with one attached hydrogen (secondary N) is 1. The molecule has 0 aliphatic rings. The smallest absolute Gasteiger partial charge is 0.387 e. The van der Waals surface area contributed by atoms with Crippen LogP contribution in [0, 0.1) is 6.92 Å². The number of halogens is 2. The Morgan fingerprint density at radius 2 is 1.90 bits per heavy atom. The summed E-state index contributed by atoms with van der Waals surface area (Å²) in [5.74, 6) is -0.239. The van der Waals surface area contributed by atoms with Crippen LogP contribution in [0.4, 0.5) is 8.78 Å². The molecule has 21 heavy (non-hydrogen) atoms. The van der Waals surface area contributed by atoms with E-state index in [9.17, 15) is 13.6 Å². The van der Waals surface area contributed by atoms with Crippen molar-refractivity contribution in [2.75, 3.05) is 0 Å². The molecular formula is C15H16F2N2O2. The lowest BCUT2D eigenvalue weighted by molar-refractivity contribution is -0.0498. The predicted octanol–water partition coefficient (Wildman–Crippen LogP) is 2.86. The lowest BCUT2D eigenvalue weighted by atomic mass is 10.2. The Balaban J connectivity index is 1.95. The third kappa shape index (κ3) is 3.81. The molecule has 0 atom stereocenters. The van der Waals surface area contributed by atoms with E-state index in [1.165, 1.54) is 24.3 Å². The standard InChI is InChI=1S/C15H16F2N2O2/c1-10-3-6-12(19(10)2)9-18-14(20)11-4-7-13(8-5-11)21-15(16)17/h3-8,15H,9H2,1-2H3,(H,18,20). The maximum Gasteiger partial charge on any atom is 0.387 e. The highest BCUT2D eigenvalue weighted by molar-refractivity contribution is 5.94. The first kappa shape index (κ1) is 15.0. The van der Waals surface area contributed by atoms with Crippen LogP contribution in [0.15, 0.2) is 36.4 Å². The summed E-state index contributed by atoms with van der Waals surface area (Å²) in [7, 11) is 1.92. The zero-order chi connectivity index (χ0) is 15.4. The summed E-state index contributed by atoms with van der Waals surface area (Å²) in [5, 5.41) is 2.78. The van der Waals surface area contributed by atoms with Gasteiger partial charge in [0.15, 0.2) is 0 Å². The molecule has 2 aromatic rings. The largest absolute Gasteiger partial charge is 0.435 e. The Bertz CT molecular complexity index is 621. The van der Waals surface area contributed by atoms with Crippen LogP contribution in [0.3, 0.4) is 0 Å². The molecule has 2 rings (SSSR count). The van der Waals surface area contributed by atoms with E-state index in [1.54, 1.807) is 0 Å². The third-order valence-electron chi connectivity index (χ3n) is 3.25. The molecule has 1 amide bonds. The summed E-state index contributed by atoms with van der Waals surface area (Å²) in [6.07, 6.45) is 0. The van der Waals surface area contributed by atoms with Crippen molar-refractivity contribution in [2.45, 2.75) is 20.1 Å². The van der Waals surface area contributed by atoms with Gasteiger partial charge in [0, 0.05) is 24.0 Å². The molecule has 0 aliphatic carbocycles. The van der Waals surface area contributed by atoms with Crippen molar-refractivity contribution in [3.63, 3.8) is 0 Å². The number of amides is 1. The van der Waals surface area contributed by atoms with Gasteiger partial charge in [0.2, 0.25) is 0 Å². The fourth-order valence-electron chi connectivity index (χ4n) is 1.91. The fourth-order valence-corrected chi connectivity index (χ4v) is 1.91. The van der Waals surface area contributed by atoms with Crippen molar-refractivity contribution in [1.82, 2.24) is 9.88 Å². The summed E-state index contributed by atoms with van der Waals surface area (Å²) in [4.78, 5) is 12.0. The molecule has 4 nitrogen and oxygen atoms in total. The van der Waals surface area contributed by atoms with Crippen molar-refractivity contribution in [3.05, 3.63) is 53.3 Å². The molecule has 112 valence electrons. The maximum absolute atomic E-state index is 12.0. The topological polar surface area (TPSA) is 43.3 Å². The number of carbonyl (C=O) groups excluding carboxylic acids is 1. The van der Waals surface area contributed by atoms with E-state index < -0.39 is 6.61 Å². The molecule has 6 heteroatoms. The fraction of sp³-hybridized carbons (Fsp3) is 0.267. The first-order valence-corrected chi connectivity index (χ1v) is 6.41. The van der Waals surface area contributed by atoms with E-state index in [2.05, 4.69) is 10.1 Å². The quantitative estimate of drug-likeness (QED) is 0.921. The van der Waals surface area contributed by atoms with Crippen molar-refractivity contribution >= 4 is 5.91 Å². The lowest BCUT2D eigenvalue weighted by Crippen LogP contribution is -2.23. The molecule has 1 aromatic carbocycles. The van der Waals surface area contributed by atoms with E-state index in [0.717, 1.165) is 11.4 Å². The molecule has 0 saturated carbocycles. The van der Waals surface area contributed by atoms with Gasteiger partial charge in [0.1, 0.15) is 5.75 Å². The zero-order valence-corrected chi connectivity index (χ0v) is 11.8. The molecule has 1 N–H and O–H groups in total. The van der Waals surface area contributed by atoms with Crippen LogP contribution in [0.5, 0.6) is 5.75 Å². The van der Waals surface area contributed by atoms with Gasteiger partial charge in [0.25, 0.3) is 5.91 Å². The van der Waals surface area contributed by atoms with Gasteiger partial charge in [-0.1, -0.05) is 0 Å². The van der Waals surface area contributed by atoms with Crippen molar-refractivity contribution in [2.24, 2.45) is 7.05 Å². The molecule has 0 unspecified atom stereocenters. The van der Waals surface area contributed by atoms with E-state index in [1.807, 2.05) is 30.7 Å². The molecule has 0 spiro atoms. The number of ether oxygens (including phenoxy) is 1. The van der Waals surface area contributed by atoms with Crippen LogP contribution in [-0.2, 0) is 13.6 Å². The molecule has 0 aliphatic heterocycles. The Kier molecular flexibility index (Phi) is 4.57. The second-order valence-electron chi connectivity index (χ2n) is 4.61. The molecule has 1 heterocycles. The average Bonchev–Trinajstić information content (AvgIpc) is 2.76. The highest BCUT2D eigenvalue weighted by Crippen LogP contribution is 2.15. The van der Waals surface area contributed by atoms with Gasteiger partial charge < -0.3 is 14.6 Å². The van der Waals surface area contributed by atoms with Gasteiger partial charge in [-0.05, 0) is 43.3 Å². The highest BCUT2D eigenvalue weighted by atomic mass is 19.3. The zero-order valence-electron chi connectivity index (χ0n) is 11.8. The van der Waals surface area contributed by atoms with Crippen LogP contribution in [0.1, 0.15) is 21.7 Å². The molecule has 0 fully saturated rings. The van der Waals surface area contributed by atoms with Gasteiger partial charge in [-0.3, -0.25) is 4.79 Å². The van der Waals surface area contributed by atoms with Gasteiger partial charge in [0.05, 0.1) is 6.54 Å². The van der Waals surface area contributed by atoms with Crippen molar-refractivity contribution < 1.29 is 18.3 Å². The summed E-state index contributed by atoms with van der Waals surface area (Å²) >= 11 is 0. The normalized spacial score (nSPS) is 10.7. The maximum atomic E-state index is 12.0. The van der Waals surface area contributed by atoms with E-state index in [-0.39, 0.29) is 11.7 Å². The number of hydrogen-bond acceptors (Lipinski definition) is 2. The van der Waals surface area contributed by atoms with Crippen molar-refractivity contribution in [1.29, 1.82) is 0 Å². The Morgan fingerprint density at radius 1 is 1.24 bits per heavy atom. The Labute approximate surface area is 121 Å². The summed E-state index contributed by atoms with van der Waals surface area (Å²) in [5.41, 5.74) is 2.48. The number of hydrogen-bond donors (Lipinski definition) is 1. The number of alkyl halides is 2.